The van der Waals surface area contributed by atoms with E-state index in [1.807, 2.05) is 6.92 Å². The molecule has 82 valence electrons. The highest BCUT2D eigenvalue weighted by atomic mass is 32.2. The van der Waals surface area contributed by atoms with Crippen LogP contribution in [0.5, 0.6) is 0 Å². The molecular formula is C11H14FNOS. The summed E-state index contributed by atoms with van der Waals surface area (Å²) in [5, 5.41) is 0.255. The second-order valence-corrected chi connectivity index (χ2v) is 4.73. The van der Waals surface area contributed by atoms with Crippen LogP contribution >= 0.6 is 11.8 Å². The van der Waals surface area contributed by atoms with Crippen LogP contribution in [0, 0.1) is 5.82 Å². The topological polar surface area (TPSA) is 43.1 Å². The molecule has 4 heteroatoms. The molecule has 0 saturated heterocycles. The Kier molecular flexibility index (Phi) is 4.62. The normalized spacial score (nSPS) is 12.4. The van der Waals surface area contributed by atoms with E-state index in [-0.39, 0.29) is 17.0 Å². The number of hydrogen-bond acceptors (Lipinski definition) is 2. The maximum Gasteiger partial charge on any atom is 0.218 e. The van der Waals surface area contributed by atoms with E-state index in [1.54, 1.807) is 23.9 Å². The van der Waals surface area contributed by atoms with Gasteiger partial charge in [0.1, 0.15) is 5.82 Å². The number of thioether (sulfide) groups is 1. The minimum atomic E-state index is -0.284. The summed E-state index contributed by atoms with van der Waals surface area (Å²) in [5.41, 5.74) is 6.10. The van der Waals surface area contributed by atoms with Crippen molar-refractivity contribution in [2.24, 2.45) is 5.73 Å². The van der Waals surface area contributed by atoms with E-state index < -0.39 is 0 Å². The van der Waals surface area contributed by atoms with Gasteiger partial charge in [0.05, 0.1) is 0 Å². The highest BCUT2D eigenvalue weighted by Crippen LogP contribution is 2.28. The van der Waals surface area contributed by atoms with Crippen LogP contribution in [-0.2, 0) is 4.79 Å². The first kappa shape index (κ1) is 12.0. The highest BCUT2D eigenvalue weighted by molar-refractivity contribution is 7.99. The Labute approximate surface area is 93.0 Å². The monoisotopic (exact) mass is 227 g/mol. The lowest BCUT2D eigenvalue weighted by molar-refractivity contribution is -0.117. The van der Waals surface area contributed by atoms with Crippen LogP contribution in [0.2, 0.25) is 0 Å². The van der Waals surface area contributed by atoms with Gasteiger partial charge in [0.2, 0.25) is 5.91 Å². The zero-order chi connectivity index (χ0) is 11.3. The van der Waals surface area contributed by atoms with Crippen LogP contribution in [-0.4, -0.2) is 11.7 Å². The zero-order valence-corrected chi connectivity index (χ0v) is 9.39. The van der Waals surface area contributed by atoms with Crippen molar-refractivity contribution in [1.82, 2.24) is 0 Å². The van der Waals surface area contributed by atoms with Crippen molar-refractivity contribution in [2.75, 3.05) is 5.75 Å². The summed E-state index contributed by atoms with van der Waals surface area (Å²) in [6.07, 6.45) is 0.385. The molecule has 1 aromatic rings. The fourth-order valence-corrected chi connectivity index (χ4v) is 2.19. The third kappa shape index (κ3) is 4.34. The quantitative estimate of drug-likeness (QED) is 0.839. The molecule has 1 aromatic carbocycles. The third-order valence-electron chi connectivity index (χ3n) is 2.06. The summed E-state index contributed by atoms with van der Waals surface area (Å²) in [6, 6.07) is 6.41. The molecule has 2 nitrogen and oxygen atoms in total. The van der Waals surface area contributed by atoms with Crippen molar-refractivity contribution in [3.8, 4) is 0 Å². The lowest BCUT2D eigenvalue weighted by atomic mass is 10.2. The van der Waals surface area contributed by atoms with Crippen LogP contribution in [0.15, 0.2) is 24.3 Å². The fourth-order valence-electron chi connectivity index (χ4n) is 1.17. The Morgan fingerprint density at radius 1 is 1.47 bits per heavy atom. The first-order valence-corrected chi connectivity index (χ1v) is 5.80. The van der Waals surface area contributed by atoms with Crippen molar-refractivity contribution < 1.29 is 9.18 Å². The van der Waals surface area contributed by atoms with Gasteiger partial charge >= 0.3 is 0 Å². The van der Waals surface area contributed by atoms with E-state index in [4.69, 9.17) is 5.73 Å². The van der Waals surface area contributed by atoms with E-state index in [0.717, 1.165) is 5.56 Å². The summed E-state index contributed by atoms with van der Waals surface area (Å²) in [6.45, 7) is 2.03. The van der Waals surface area contributed by atoms with Gasteiger partial charge in [-0.15, -0.1) is 0 Å². The number of primary amides is 1. The average molecular weight is 227 g/mol. The molecule has 0 spiro atoms. The zero-order valence-electron chi connectivity index (χ0n) is 8.57. The maximum absolute atomic E-state index is 12.6. The van der Waals surface area contributed by atoms with Crippen LogP contribution < -0.4 is 5.73 Å². The molecule has 1 unspecified atom stereocenters. The molecular weight excluding hydrogens is 213 g/mol. The van der Waals surface area contributed by atoms with E-state index >= 15 is 0 Å². The van der Waals surface area contributed by atoms with Crippen molar-refractivity contribution in [1.29, 1.82) is 0 Å². The minimum absolute atomic E-state index is 0.229. The lowest BCUT2D eigenvalue weighted by Crippen LogP contribution is -2.11. The van der Waals surface area contributed by atoms with Crippen LogP contribution in [0.25, 0.3) is 0 Å². The summed E-state index contributed by atoms with van der Waals surface area (Å²) < 4.78 is 12.6. The summed E-state index contributed by atoms with van der Waals surface area (Å²) >= 11 is 1.64. The molecule has 0 aliphatic rings. The van der Waals surface area contributed by atoms with Gasteiger partial charge in [-0.1, -0.05) is 12.1 Å². The first-order valence-electron chi connectivity index (χ1n) is 4.75. The summed E-state index contributed by atoms with van der Waals surface area (Å²) in [4.78, 5) is 10.5. The van der Waals surface area contributed by atoms with Gasteiger partial charge in [-0.2, -0.15) is 11.8 Å². The molecule has 1 atom stereocenters. The smallest absolute Gasteiger partial charge is 0.218 e. The Morgan fingerprint density at radius 2 is 2.07 bits per heavy atom. The predicted octanol–water partition coefficient (Wildman–Crippen LogP) is 2.50. The van der Waals surface area contributed by atoms with E-state index in [9.17, 15) is 9.18 Å². The molecule has 0 bridgehead atoms. The van der Waals surface area contributed by atoms with Gasteiger partial charge in [-0.3, -0.25) is 4.79 Å². The number of nitrogens with two attached hydrogens (primary N) is 1. The Morgan fingerprint density at radius 3 is 2.60 bits per heavy atom. The minimum Gasteiger partial charge on any atom is -0.370 e. The molecule has 1 amide bonds. The van der Waals surface area contributed by atoms with E-state index in [0.29, 0.717) is 12.2 Å². The Hall–Kier alpha value is -1.03. The molecule has 0 aliphatic carbocycles. The van der Waals surface area contributed by atoms with Crippen LogP contribution in [0.3, 0.4) is 0 Å². The van der Waals surface area contributed by atoms with Crippen LogP contribution in [0.4, 0.5) is 4.39 Å². The summed E-state index contributed by atoms with van der Waals surface area (Å²) in [7, 11) is 0. The van der Waals surface area contributed by atoms with Gasteiger partial charge in [0.15, 0.2) is 0 Å². The fraction of sp³-hybridized carbons (Fsp3) is 0.364. The van der Waals surface area contributed by atoms with Crippen LogP contribution in [0.1, 0.15) is 24.2 Å². The predicted molar refractivity (Wildman–Crippen MR) is 61.1 cm³/mol. The Bertz CT molecular complexity index is 326. The van der Waals surface area contributed by atoms with Gasteiger partial charge in [-0.05, 0) is 24.6 Å². The molecule has 0 radical (unpaired) electrons. The maximum atomic E-state index is 12.6. The van der Waals surface area contributed by atoms with Gasteiger partial charge < -0.3 is 5.73 Å². The standard InChI is InChI=1S/C11H14FNOS/c1-8(15-7-6-11(13)14)9-2-4-10(12)5-3-9/h2-5,8H,6-7H2,1H3,(H2,13,14). The number of benzene rings is 1. The van der Waals surface area contributed by atoms with Gasteiger partial charge in [0, 0.05) is 17.4 Å². The first-order chi connectivity index (χ1) is 7.09. The van der Waals surface area contributed by atoms with E-state index in [2.05, 4.69) is 0 Å². The SMILES string of the molecule is CC(SCCC(N)=O)c1ccc(F)cc1. The molecule has 0 fully saturated rings. The number of hydrogen-bond donors (Lipinski definition) is 1. The van der Waals surface area contributed by atoms with E-state index in [1.165, 1.54) is 12.1 Å². The number of rotatable bonds is 5. The largest absolute Gasteiger partial charge is 0.370 e. The highest BCUT2D eigenvalue weighted by Gasteiger charge is 2.06. The number of carbonyl (C=O) groups is 1. The number of carbonyl (C=O) groups excluding carboxylic acids is 1. The van der Waals surface area contributed by atoms with Crippen molar-refractivity contribution >= 4 is 17.7 Å². The summed E-state index contributed by atoms with van der Waals surface area (Å²) in [5.74, 6) is 0.190. The molecule has 0 aromatic heterocycles. The lowest BCUT2D eigenvalue weighted by Gasteiger charge is -2.10. The van der Waals surface area contributed by atoms with Crippen molar-refractivity contribution in [2.45, 2.75) is 18.6 Å². The average Bonchev–Trinajstić information content (AvgIpc) is 2.18. The van der Waals surface area contributed by atoms with Gasteiger partial charge in [0.25, 0.3) is 0 Å². The molecule has 0 aliphatic heterocycles. The second-order valence-electron chi connectivity index (χ2n) is 3.28. The number of halogens is 1. The molecule has 0 saturated carbocycles. The van der Waals surface area contributed by atoms with Crippen molar-refractivity contribution in [3.63, 3.8) is 0 Å². The molecule has 1 rings (SSSR count). The number of amides is 1. The Balaban J connectivity index is 2.43. The second kappa shape index (κ2) is 5.75. The van der Waals surface area contributed by atoms with Crippen molar-refractivity contribution in [3.05, 3.63) is 35.6 Å². The molecule has 2 N–H and O–H groups in total. The third-order valence-corrected chi connectivity index (χ3v) is 3.27. The van der Waals surface area contributed by atoms with Gasteiger partial charge in [-0.25, -0.2) is 4.39 Å². The molecule has 0 heterocycles. The molecule has 15 heavy (non-hydrogen) atoms.